The summed E-state index contributed by atoms with van der Waals surface area (Å²) in [4.78, 5) is 30.0. The maximum atomic E-state index is 12.7. The van der Waals surface area contributed by atoms with Gasteiger partial charge in [0.2, 0.25) is 0 Å². The highest BCUT2D eigenvalue weighted by Crippen LogP contribution is 2.25. The first-order valence-corrected chi connectivity index (χ1v) is 8.72. The Bertz CT molecular complexity index is 736. The van der Waals surface area contributed by atoms with Gasteiger partial charge in [0.15, 0.2) is 18.1 Å². The first kappa shape index (κ1) is 20.2. The van der Waals surface area contributed by atoms with Crippen LogP contribution in [0.15, 0.2) is 48.8 Å². The summed E-state index contributed by atoms with van der Waals surface area (Å²) in [6.07, 6.45) is 3.47. The third-order valence-electron chi connectivity index (χ3n) is 3.76. The van der Waals surface area contributed by atoms with Crippen LogP contribution in [-0.4, -0.2) is 48.6 Å². The smallest absolute Gasteiger partial charge is 0.307 e. The molecule has 0 N–H and O–H groups in total. The number of ether oxygens (including phenoxy) is 3. The number of carbonyl (C=O) groups is 2. The Balaban J connectivity index is 2.01. The molecule has 0 fully saturated rings. The zero-order valence-corrected chi connectivity index (χ0v) is 15.6. The lowest BCUT2D eigenvalue weighted by molar-refractivity contribution is -0.144. The van der Waals surface area contributed by atoms with Gasteiger partial charge in [-0.15, -0.1) is 0 Å². The molecule has 1 amide bonds. The lowest BCUT2D eigenvalue weighted by Crippen LogP contribution is -2.36. The molecule has 7 heteroatoms. The molecule has 0 aliphatic carbocycles. The summed E-state index contributed by atoms with van der Waals surface area (Å²) in [5, 5.41) is 0. The van der Waals surface area contributed by atoms with Gasteiger partial charge in [-0.25, -0.2) is 0 Å². The molecule has 7 nitrogen and oxygen atoms in total. The summed E-state index contributed by atoms with van der Waals surface area (Å²) in [5.74, 6) is 0.455. The highest BCUT2D eigenvalue weighted by Gasteiger charge is 2.17. The topological polar surface area (TPSA) is 78.0 Å². The van der Waals surface area contributed by atoms with Crippen molar-refractivity contribution in [1.29, 1.82) is 0 Å². The molecule has 144 valence electrons. The second kappa shape index (κ2) is 10.8. The van der Waals surface area contributed by atoms with Gasteiger partial charge in [0.25, 0.3) is 5.91 Å². The van der Waals surface area contributed by atoms with E-state index < -0.39 is 0 Å². The van der Waals surface area contributed by atoms with Gasteiger partial charge in [-0.1, -0.05) is 18.2 Å². The molecule has 0 saturated heterocycles. The van der Waals surface area contributed by atoms with E-state index in [0.717, 1.165) is 5.56 Å². The molecule has 1 aromatic carbocycles. The predicted octanol–water partition coefficient (Wildman–Crippen LogP) is 2.45. The van der Waals surface area contributed by atoms with Crippen LogP contribution in [0.2, 0.25) is 0 Å². The Morgan fingerprint density at radius 1 is 1.11 bits per heavy atom. The van der Waals surface area contributed by atoms with Gasteiger partial charge >= 0.3 is 5.97 Å². The van der Waals surface area contributed by atoms with Crippen LogP contribution in [0.3, 0.4) is 0 Å². The van der Waals surface area contributed by atoms with Crippen molar-refractivity contribution in [3.8, 4) is 11.5 Å². The molecule has 2 aromatic rings. The van der Waals surface area contributed by atoms with Gasteiger partial charge in [0.05, 0.1) is 20.1 Å². The number of amides is 1. The number of hydrogen-bond acceptors (Lipinski definition) is 6. The third-order valence-corrected chi connectivity index (χ3v) is 3.76. The number of aromatic nitrogens is 1. The van der Waals surface area contributed by atoms with Gasteiger partial charge in [-0.05, 0) is 30.7 Å². The number of methoxy groups -OCH3 is 1. The minimum atomic E-state index is -0.341. The average Bonchev–Trinajstić information content (AvgIpc) is 2.70. The molecule has 1 aromatic heterocycles. The Morgan fingerprint density at radius 2 is 1.89 bits per heavy atom. The molecule has 27 heavy (non-hydrogen) atoms. The van der Waals surface area contributed by atoms with E-state index in [9.17, 15) is 9.59 Å². The molecule has 0 spiro atoms. The number of hydrogen-bond donors (Lipinski definition) is 0. The van der Waals surface area contributed by atoms with E-state index in [2.05, 4.69) is 4.98 Å². The van der Waals surface area contributed by atoms with Gasteiger partial charge < -0.3 is 19.1 Å². The lowest BCUT2D eigenvalue weighted by Gasteiger charge is -2.22. The maximum Gasteiger partial charge on any atom is 0.307 e. The summed E-state index contributed by atoms with van der Waals surface area (Å²) in [6, 6.07) is 10.8. The van der Waals surface area contributed by atoms with E-state index in [1.807, 2.05) is 12.1 Å². The maximum absolute atomic E-state index is 12.7. The van der Waals surface area contributed by atoms with Crippen molar-refractivity contribution >= 4 is 11.9 Å². The summed E-state index contributed by atoms with van der Waals surface area (Å²) >= 11 is 0. The summed E-state index contributed by atoms with van der Waals surface area (Å²) in [5.41, 5.74) is 0.868. The van der Waals surface area contributed by atoms with Crippen LogP contribution < -0.4 is 9.47 Å². The number of pyridine rings is 1. The first-order valence-electron chi connectivity index (χ1n) is 8.72. The second-order valence-electron chi connectivity index (χ2n) is 5.67. The summed E-state index contributed by atoms with van der Waals surface area (Å²) in [6.45, 7) is 2.47. The zero-order valence-electron chi connectivity index (χ0n) is 15.6. The van der Waals surface area contributed by atoms with Crippen LogP contribution in [0.5, 0.6) is 11.5 Å². The van der Waals surface area contributed by atoms with Crippen LogP contribution in [0.1, 0.15) is 18.9 Å². The normalized spacial score (nSPS) is 10.1. The van der Waals surface area contributed by atoms with Gasteiger partial charge in [0, 0.05) is 25.5 Å². The predicted molar refractivity (Wildman–Crippen MR) is 99.4 cm³/mol. The van der Waals surface area contributed by atoms with Crippen molar-refractivity contribution in [2.24, 2.45) is 0 Å². The van der Waals surface area contributed by atoms with E-state index in [1.165, 1.54) is 7.11 Å². The number of para-hydroxylation sites is 2. The third kappa shape index (κ3) is 6.62. The Kier molecular flexibility index (Phi) is 8.09. The highest BCUT2D eigenvalue weighted by molar-refractivity contribution is 5.78. The lowest BCUT2D eigenvalue weighted by atomic mass is 10.2. The molecule has 0 unspecified atom stereocenters. The Hall–Kier alpha value is -3.09. The van der Waals surface area contributed by atoms with Gasteiger partial charge in [-0.2, -0.15) is 0 Å². The van der Waals surface area contributed by atoms with Crippen molar-refractivity contribution in [3.05, 3.63) is 54.4 Å². The average molecular weight is 372 g/mol. The molecule has 0 saturated carbocycles. The van der Waals surface area contributed by atoms with E-state index in [4.69, 9.17) is 14.2 Å². The zero-order chi connectivity index (χ0) is 19.5. The van der Waals surface area contributed by atoms with Crippen LogP contribution in [-0.2, 0) is 20.9 Å². The van der Waals surface area contributed by atoms with Crippen molar-refractivity contribution in [2.75, 3.05) is 26.9 Å². The van der Waals surface area contributed by atoms with Crippen molar-refractivity contribution < 1.29 is 23.8 Å². The number of esters is 1. The molecule has 0 aliphatic rings. The number of carbonyl (C=O) groups excluding carboxylic acids is 2. The number of benzene rings is 1. The standard InChI is InChI=1S/C20H24N2O5/c1-3-26-20(24)10-12-22(14-16-7-6-11-21-13-16)19(23)15-27-18-9-5-4-8-17(18)25-2/h4-9,11,13H,3,10,12,14-15H2,1-2H3. The van der Waals surface area contributed by atoms with Crippen LogP contribution in [0.4, 0.5) is 0 Å². The molecule has 1 heterocycles. The van der Waals surface area contributed by atoms with Crippen molar-refractivity contribution in [1.82, 2.24) is 9.88 Å². The molecular weight excluding hydrogens is 348 g/mol. The summed E-state index contributed by atoms with van der Waals surface area (Å²) in [7, 11) is 1.54. The first-order chi connectivity index (χ1) is 13.1. The summed E-state index contributed by atoms with van der Waals surface area (Å²) < 4.78 is 15.8. The van der Waals surface area contributed by atoms with E-state index in [-0.39, 0.29) is 31.4 Å². The molecule has 0 aliphatic heterocycles. The minimum Gasteiger partial charge on any atom is -0.493 e. The quantitative estimate of drug-likeness (QED) is 0.596. The molecular formula is C20H24N2O5. The Labute approximate surface area is 158 Å². The van der Waals surface area contributed by atoms with E-state index in [0.29, 0.717) is 24.7 Å². The molecule has 2 rings (SSSR count). The molecule has 0 radical (unpaired) electrons. The Morgan fingerprint density at radius 3 is 2.56 bits per heavy atom. The largest absolute Gasteiger partial charge is 0.493 e. The van der Waals surface area contributed by atoms with Crippen LogP contribution in [0, 0.1) is 0 Å². The van der Waals surface area contributed by atoms with Gasteiger partial charge in [0.1, 0.15) is 0 Å². The fourth-order valence-corrected chi connectivity index (χ4v) is 2.43. The van der Waals surface area contributed by atoms with Crippen molar-refractivity contribution in [3.63, 3.8) is 0 Å². The monoisotopic (exact) mass is 372 g/mol. The second-order valence-corrected chi connectivity index (χ2v) is 5.67. The highest BCUT2D eigenvalue weighted by atomic mass is 16.5. The molecule has 0 atom stereocenters. The number of nitrogens with zero attached hydrogens (tertiary/aromatic N) is 2. The van der Waals surface area contributed by atoms with Gasteiger partial charge in [-0.3, -0.25) is 14.6 Å². The van der Waals surface area contributed by atoms with E-state index >= 15 is 0 Å². The van der Waals surface area contributed by atoms with Crippen LogP contribution in [0.25, 0.3) is 0 Å². The minimum absolute atomic E-state index is 0.120. The van der Waals surface area contributed by atoms with Crippen molar-refractivity contribution in [2.45, 2.75) is 19.9 Å². The van der Waals surface area contributed by atoms with E-state index in [1.54, 1.807) is 48.5 Å². The fraction of sp³-hybridized carbons (Fsp3) is 0.350. The SMILES string of the molecule is CCOC(=O)CCN(Cc1cccnc1)C(=O)COc1ccccc1OC. The number of rotatable bonds is 10. The molecule has 0 bridgehead atoms. The van der Waals surface area contributed by atoms with Crippen LogP contribution >= 0.6 is 0 Å². The fourth-order valence-electron chi connectivity index (χ4n) is 2.43.